The molecule has 3 amide bonds. The lowest BCUT2D eigenvalue weighted by Crippen LogP contribution is -2.54. The minimum Gasteiger partial charge on any atom is -0.480 e. The van der Waals surface area contributed by atoms with Gasteiger partial charge in [-0.15, -0.1) is 0 Å². The van der Waals surface area contributed by atoms with Crippen LogP contribution in [0, 0.1) is 0 Å². The third-order valence-corrected chi connectivity index (χ3v) is 5.56. The molecule has 12 heteroatoms. The van der Waals surface area contributed by atoms with Crippen molar-refractivity contribution in [3.63, 3.8) is 0 Å². The summed E-state index contributed by atoms with van der Waals surface area (Å²) in [4.78, 5) is 53.5. The zero-order chi connectivity index (χ0) is 27.9. The van der Waals surface area contributed by atoms with E-state index in [-0.39, 0.29) is 18.8 Å². The highest BCUT2D eigenvalue weighted by Crippen LogP contribution is 2.06. The van der Waals surface area contributed by atoms with E-state index in [1.165, 1.54) is 0 Å². The molecule has 0 aliphatic heterocycles. The highest BCUT2D eigenvalue weighted by Gasteiger charge is 2.25. The summed E-state index contributed by atoms with van der Waals surface area (Å²) < 4.78 is 0. The van der Waals surface area contributed by atoms with Crippen LogP contribution < -0.4 is 33.2 Å². The number of aliphatic carboxylic acids is 1. The summed E-state index contributed by atoms with van der Waals surface area (Å²) in [6.45, 7) is -0.156. The molecule has 0 heterocycles. The van der Waals surface area contributed by atoms with Crippen LogP contribution in [0.1, 0.15) is 24.0 Å². The van der Waals surface area contributed by atoms with Crippen molar-refractivity contribution in [1.29, 1.82) is 0 Å². The van der Waals surface area contributed by atoms with Crippen LogP contribution in [0.3, 0.4) is 0 Å². The second-order valence-electron chi connectivity index (χ2n) is 8.67. The van der Waals surface area contributed by atoms with Crippen molar-refractivity contribution in [3.05, 3.63) is 71.8 Å². The second kappa shape index (κ2) is 15.6. The van der Waals surface area contributed by atoms with Crippen LogP contribution in [0.5, 0.6) is 0 Å². The smallest absolute Gasteiger partial charge is 0.326 e. The predicted octanol–water partition coefficient (Wildman–Crippen LogP) is -0.977. The summed E-state index contributed by atoms with van der Waals surface area (Å²) in [5.74, 6) is -3.08. The van der Waals surface area contributed by atoms with Crippen molar-refractivity contribution in [2.45, 2.75) is 43.8 Å². The second-order valence-corrected chi connectivity index (χ2v) is 8.67. The molecule has 2 aromatic rings. The van der Waals surface area contributed by atoms with Crippen molar-refractivity contribution in [3.8, 4) is 0 Å². The maximum absolute atomic E-state index is 12.9. The van der Waals surface area contributed by atoms with E-state index in [4.69, 9.17) is 17.2 Å². The third kappa shape index (κ3) is 11.1. The first kappa shape index (κ1) is 29.8. The van der Waals surface area contributed by atoms with Gasteiger partial charge in [0.25, 0.3) is 0 Å². The molecule has 0 spiro atoms. The molecule has 0 aliphatic rings. The Bertz CT molecular complexity index is 1090. The van der Waals surface area contributed by atoms with E-state index in [9.17, 15) is 24.3 Å². The summed E-state index contributed by atoms with van der Waals surface area (Å²) >= 11 is 0. The number of carboxylic acids is 1. The molecule has 3 unspecified atom stereocenters. The van der Waals surface area contributed by atoms with Crippen LogP contribution in [-0.4, -0.2) is 66.0 Å². The molecular weight excluding hydrogens is 490 g/mol. The summed E-state index contributed by atoms with van der Waals surface area (Å²) in [7, 11) is 0. The molecule has 38 heavy (non-hydrogen) atoms. The largest absolute Gasteiger partial charge is 0.480 e. The van der Waals surface area contributed by atoms with E-state index >= 15 is 0 Å². The Morgan fingerprint density at radius 1 is 0.816 bits per heavy atom. The molecule has 2 rings (SSSR count). The SMILES string of the molecule is NC(N)=NCCCC(N)C(=O)NC(Cc1ccccc1)C(=O)NCC(=O)NC(Cc1ccccc1)C(=O)O. The monoisotopic (exact) mass is 525 g/mol. The lowest BCUT2D eigenvalue weighted by molar-refractivity contribution is -0.141. The highest BCUT2D eigenvalue weighted by molar-refractivity contribution is 5.92. The molecule has 0 radical (unpaired) electrons. The van der Waals surface area contributed by atoms with Gasteiger partial charge in [-0.25, -0.2) is 4.79 Å². The zero-order valence-electron chi connectivity index (χ0n) is 21.0. The number of amides is 3. The average molecular weight is 526 g/mol. The van der Waals surface area contributed by atoms with Gasteiger partial charge >= 0.3 is 5.97 Å². The Kier molecular flexibility index (Phi) is 12.2. The molecular formula is C26H35N7O5. The fraction of sp³-hybridized carbons (Fsp3) is 0.346. The summed E-state index contributed by atoms with van der Waals surface area (Å²) in [6, 6.07) is 14.8. The van der Waals surface area contributed by atoms with Crippen LogP contribution in [0.2, 0.25) is 0 Å². The maximum atomic E-state index is 12.9. The number of hydrogen-bond acceptors (Lipinski definition) is 6. The number of carbonyl (C=O) groups is 4. The van der Waals surface area contributed by atoms with Crippen LogP contribution in [0.25, 0.3) is 0 Å². The average Bonchev–Trinajstić information content (AvgIpc) is 2.89. The number of hydrogen-bond donors (Lipinski definition) is 7. The Morgan fingerprint density at radius 2 is 1.37 bits per heavy atom. The van der Waals surface area contributed by atoms with Crippen molar-refractivity contribution < 1.29 is 24.3 Å². The Hall–Kier alpha value is -4.45. The quantitative estimate of drug-likeness (QED) is 0.0869. The molecule has 0 bridgehead atoms. The fourth-order valence-electron chi connectivity index (χ4n) is 3.57. The van der Waals surface area contributed by atoms with Gasteiger partial charge in [0.05, 0.1) is 12.6 Å². The lowest BCUT2D eigenvalue weighted by Gasteiger charge is -2.21. The van der Waals surface area contributed by atoms with Gasteiger partial charge in [-0.05, 0) is 24.0 Å². The normalized spacial score (nSPS) is 12.9. The van der Waals surface area contributed by atoms with Crippen LogP contribution in [0.15, 0.2) is 65.7 Å². The van der Waals surface area contributed by atoms with Crippen LogP contribution in [0.4, 0.5) is 0 Å². The van der Waals surface area contributed by atoms with Crippen molar-refractivity contribution in [2.24, 2.45) is 22.2 Å². The first-order valence-electron chi connectivity index (χ1n) is 12.1. The number of guanidine groups is 1. The topological polar surface area (TPSA) is 215 Å². The number of aliphatic imine (C=N–C) groups is 1. The number of nitrogens with zero attached hydrogens (tertiary/aromatic N) is 1. The minimum atomic E-state index is -1.20. The Morgan fingerprint density at radius 3 is 1.89 bits per heavy atom. The molecule has 0 fully saturated rings. The summed E-state index contributed by atoms with van der Waals surface area (Å²) in [5, 5.41) is 17.0. The number of nitrogens with two attached hydrogens (primary N) is 3. The van der Waals surface area contributed by atoms with E-state index in [1.807, 2.05) is 6.07 Å². The van der Waals surface area contributed by atoms with E-state index in [0.29, 0.717) is 19.4 Å². The Labute approximate surface area is 221 Å². The molecule has 12 nitrogen and oxygen atoms in total. The third-order valence-electron chi connectivity index (χ3n) is 5.56. The number of benzene rings is 2. The lowest BCUT2D eigenvalue weighted by atomic mass is 10.0. The summed E-state index contributed by atoms with van der Waals surface area (Å²) in [6.07, 6.45) is 1.01. The zero-order valence-corrected chi connectivity index (χ0v) is 21.0. The van der Waals surface area contributed by atoms with Crippen LogP contribution >= 0.6 is 0 Å². The van der Waals surface area contributed by atoms with Gasteiger partial charge in [0.1, 0.15) is 12.1 Å². The van der Waals surface area contributed by atoms with Gasteiger partial charge in [-0.3, -0.25) is 19.4 Å². The van der Waals surface area contributed by atoms with E-state index in [1.54, 1.807) is 54.6 Å². The summed E-state index contributed by atoms with van der Waals surface area (Å²) in [5.41, 5.74) is 18.1. The fourth-order valence-corrected chi connectivity index (χ4v) is 3.57. The number of rotatable bonds is 15. The van der Waals surface area contributed by atoms with E-state index in [2.05, 4.69) is 20.9 Å². The standard InChI is InChI=1S/C26H35N7O5/c27-19(12-7-13-30-26(28)29)23(35)33-20(14-17-8-3-1-4-9-17)24(36)31-16-22(34)32-21(25(37)38)15-18-10-5-2-6-11-18/h1-6,8-11,19-21H,7,12-16,27H2,(H,31,36)(H,32,34)(H,33,35)(H,37,38)(H4,28,29,30). The van der Waals surface area contributed by atoms with Gasteiger partial charge in [0.15, 0.2) is 5.96 Å². The van der Waals surface area contributed by atoms with Gasteiger partial charge < -0.3 is 38.3 Å². The molecule has 0 saturated carbocycles. The van der Waals surface area contributed by atoms with Crippen molar-refractivity contribution in [2.75, 3.05) is 13.1 Å². The van der Waals surface area contributed by atoms with Crippen molar-refractivity contribution >= 4 is 29.7 Å². The minimum absolute atomic E-state index is 0.0543. The number of carbonyl (C=O) groups excluding carboxylic acids is 3. The molecule has 3 atom stereocenters. The Balaban J connectivity index is 1.97. The molecule has 204 valence electrons. The van der Waals surface area contributed by atoms with E-state index in [0.717, 1.165) is 11.1 Å². The van der Waals surface area contributed by atoms with Gasteiger partial charge in [-0.2, -0.15) is 0 Å². The maximum Gasteiger partial charge on any atom is 0.326 e. The molecule has 2 aromatic carbocycles. The first-order valence-corrected chi connectivity index (χ1v) is 12.1. The van der Waals surface area contributed by atoms with Gasteiger partial charge in [-0.1, -0.05) is 60.7 Å². The number of carboxylic acid groups (broad SMARTS) is 1. The number of nitrogens with one attached hydrogen (secondary N) is 3. The van der Waals surface area contributed by atoms with E-state index < -0.39 is 48.4 Å². The highest BCUT2D eigenvalue weighted by atomic mass is 16.4. The molecule has 0 saturated heterocycles. The molecule has 10 N–H and O–H groups in total. The van der Waals surface area contributed by atoms with Gasteiger partial charge in [0, 0.05) is 19.4 Å². The predicted molar refractivity (Wildman–Crippen MR) is 143 cm³/mol. The van der Waals surface area contributed by atoms with Gasteiger partial charge in [0.2, 0.25) is 17.7 Å². The van der Waals surface area contributed by atoms with Crippen LogP contribution in [-0.2, 0) is 32.0 Å². The molecule has 0 aromatic heterocycles. The van der Waals surface area contributed by atoms with Crippen molar-refractivity contribution in [1.82, 2.24) is 16.0 Å². The first-order chi connectivity index (χ1) is 18.2. The molecule has 0 aliphatic carbocycles.